The van der Waals surface area contributed by atoms with Gasteiger partial charge in [-0.05, 0) is 85.6 Å². The second-order valence-electron chi connectivity index (χ2n) is 12.9. The van der Waals surface area contributed by atoms with Crippen molar-refractivity contribution in [3.05, 3.63) is 40.7 Å². The molecular formula is C32H45N7O5S. The third kappa shape index (κ3) is 9.55. The summed E-state index contributed by atoms with van der Waals surface area (Å²) < 4.78 is 24.2. The van der Waals surface area contributed by atoms with E-state index >= 15 is 0 Å². The van der Waals surface area contributed by atoms with Crippen molar-refractivity contribution >= 4 is 34.8 Å². The first-order valence-corrected chi connectivity index (χ1v) is 16.4. The molecule has 2 amide bonds. The lowest BCUT2D eigenvalue weighted by atomic mass is 10.0. The normalized spacial score (nSPS) is 17.4. The van der Waals surface area contributed by atoms with Gasteiger partial charge in [-0.15, -0.1) is 0 Å². The number of hydrogen-bond donors (Lipinski definition) is 1. The number of piperazine rings is 1. The Morgan fingerprint density at radius 1 is 1.22 bits per heavy atom. The highest BCUT2D eigenvalue weighted by Gasteiger charge is 2.36. The van der Waals surface area contributed by atoms with Crippen LogP contribution in [0.25, 0.3) is 0 Å². The Balaban J connectivity index is 1.65. The first-order chi connectivity index (χ1) is 20.9. The number of aliphatic imine (C=N–C) groups is 1. The molecule has 2 aromatic heterocycles. The average molecular weight is 640 g/mol. The second kappa shape index (κ2) is 14.5. The highest BCUT2D eigenvalue weighted by molar-refractivity contribution is 7.84. The number of amides is 2. The van der Waals surface area contributed by atoms with Gasteiger partial charge in [0, 0.05) is 44.3 Å². The number of aryl methyl sites for hydroxylation is 2. The van der Waals surface area contributed by atoms with Crippen LogP contribution < -0.4 is 10.1 Å². The molecule has 0 aromatic carbocycles. The van der Waals surface area contributed by atoms with E-state index in [1.54, 1.807) is 30.9 Å². The van der Waals surface area contributed by atoms with E-state index in [0.717, 1.165) is 0 Å². The Morgan fingerprint density at radius 2 is 1.91 bits per heavy atom. The number of rotatable bonds is 9. The highest BCUT2D eigenvalue weighted by Crippen LogP contribution is 2.25. The molecule has 0 spiro atoms. The fourth-order valence-electron chi connectivity index (χ4n) is 4.76. The molecule has 1 N–H and O–H groups in total. The number of nitrogens with one attached hydrogen (secondary N) is 1. The summed E-state index contributed by atoms with van der Waals surface area (Å²) in [5.74, 6) is 0.132. The highest BCUT2D eigenvalue weighted by atomic mass is 32.2. The van der Waals surface area contributed by atoms with Gasteiger partial charge >= 0.3 is 6.09 Å². The van der Waals surface area contributed by atoms with Gasteiger partial charge in [0.15, 0.2) is 10.8 Å². The van der Waals surface area contributed by atoms with Gasteiger partial charge in [0.1, 0.15) is 29.8 Å². The van der Waals surface area contributed by atoms with Gasteiger partial charge in [0.25, 0.3) is 5.91 Å². The zero-order valence-electron chi connectivity index (χ0n) is 27.9. The van der Waals surface area contributed by atoms with Crippen molar-refractivity contribution in [2.45, 2.75) is 90.6 Å². The van der Waals surface area contributed by atoms with Crippen molar-refractivity contribution in [2.24, 2.45) is 4.99 Å². The molecule has 1 aliphatic heterocycles. The predicted molar refractivity (Wildman–Crippen MR) is 174 cm³/mol. The number of carbonyl (C=O) groups excluding carboxylic acids is 2. The van der Waals surface area contributed by atoms with Gasteiger partial charge in [-0.2, -0.15) is 5.26 Å². The van der Waals surface area contributed by atoms with E-state index in [1.807, 2.05) is 46.9 Å². The number of aromatic nitrogens is 2. The van der Waals surface area contributed by atoms with Gasteiger partial charge in [-0.25, -0.2) is 14.8 Å². The van der Waals surface area contributed by atoms with Crippen LogP contribution in [0.4, 0.5) is 10.6 Å². The number of hydrogen-bond acceptors (Lipinski definition) is 10. The number of ether oxygens (including phenoxy) is 2. The third-order valence-corrected chi connectivity index (χ3v) is 8.10. The van der Waals surface area contributed by atoms with Gasteiger partial charge in [-0.1, -0.05) is 0 Å². The maximum Gasteiger partial charge on any atom is 0.410 e. The summed E-state index contributed by atoms with van der Waals surface area (Å²) in [5, 5.41) is 11.9. The lowest BCUT2D eigenvalue weighted by Crippen LogP contribution is -2.60. The maximum atomic E-state index is 13.1. The monoisotopic (exact) mass is 639 g/mol. The number of nitrogens with zero attached hydrogens (tertiary/aromatic N) is 6. The van der Waals surface area contributed by atoms with Crippen LogP contribution in [0.5, 0.6) is 5.75 Å². The van der Waals surface area contributed by atoms with Crippen LogP contribution in [0.3, 0.4) is 0 Å². The molecule has 3 heterocycles. The Labute approximate surface area is 268 Å². The van der Waals surface area contributed by atoms with E-state index < -0.39 is 22.3 Å². The number of nitriles is 1. The molecule has 45 heavy (non-hydrogen) atoms. The van der Waals surface area contributed by atoms with E-state index in [4.69, 9.17) is 19.7 Å². The summed E-state index contributed by atoms with van der Waals surface area (Å²) in [7, 11) is -1.53. The van der Waals surface area contributed by atoms with Gasteiger partial charge < -0.3 is 19.7 Å². The summed E-state index contributed by atoms with van der Waals surface area (Å²) in [6.07, 6.45) is 4.47. The van der Waals surface area contributed by atoms with Crippen LogP contribution in [-0.4, -0.2) is 97.9 Å². The summed E-state index contributed by atoms with van der Waals surface area (Å²) in [6, 6.07) is 5.06. The SMILES string of the molecule is Cc1cc(C#N)cnc1NC(=O)c1nc(S(C)=O)c(OCC(C)N=CC(C)(C)N2CCN(C(=O)OC(C)(C)C)[C@H](C)C2)cc1C. The zero-order chi connectivity index (χ0) is 33.7. The van der Waals surface area contributed by atoms with E-state index in [0.29, 0.717) is 47.9 Å². The van der Waals surface area contributed by atoms with E-state index in [-0.39, 0.29) is 41.0 Å². The van der Waals surface area contributed by atoms with Crippen LogP contribution in [0.1, 0.15) is 75.6 Å². The summed E-state index contributed by atoms with van der Waals surface area (Å²) in [4.78, 5) is 43.0. The molecule has 1 aliphatic rings. The van der Waals surface area contributed by atoms with Gasteiger partial charge in [-0.3, -0.25) is 18.9 Å². The minimum Gasteiger partial charge on any atom is -0.488 e. The van der Waals surface area contributed by atoms with Crippen molar-refractivity contribution < 1.29 is 23.3 Å². The summed E-state index contributed by atoms with van der Waals surface area (Å²) >= 11 is 0. The van der Waals surface area contributed by atoms with Crippen molar-refractivity contribution in [1.29, 1.82) is 5.26 Å². The smallest absolute Gasteiger partial charge is 0.410 e. The Bertz CT molecular complexity index is 1510. The number of carbonyl (C=O) groups is 2. The Morgan fingerprint density at radius 3 is 2.49 bits per heavy atom. The lowest BCUT2D eigenvalue weighted by molar-refractivity contribution is -0.00640. The first-order valence-electron chi connectivity index (χ1n) is 14.9. The molecule has 12 nitrogen and oxygen atoms in total. The predicted octanol–water partition coefficient (Wildman–Crippen LogP) is 4.51. The lowest BCUT2D eigenvalue weighted by Gasteiger charge is -2.45. The summed E-state index contributed by atoms with van der Waals surface area (Å²) in [6.45, 7) is 19.3. The molecule has 244 valence electrons. The maximum absolute atomic E-state index is 13.1. The molecule has 0 radical (unpaired) electrons. The molecule has 0 saturated carbocycles. The fraction of sp³-hybridized carbons (Fsp3) is 0.562. The van der Waals surface area contributed by atoms with Crippen LogP contribution in [0.15, 0.2) is 28.3 Å². The second-order valence-corrected chi connectivity index (χ2v) is 14.2. The molecule has 1 fully saturated rings. The molecule has 2 unspecified atom stereocenters. The van der Waals surface area contributed by atoms with Crippen molar-refractivity contribution in [1.82, 2.24) is 19.8 Å². The third-order valence-electron chi connectivity index (χ3n) is 7.27. The largest absolute Gasteiger partial charge is 0.488 e. The number of anilines is 1. The van der Waals surface area contributed by atoms with E-state index in [9.17, 15) is 13.8 Å². The van der Waals surface area contributed by atoms with Crippen LogP contribution in [0, 0.1) is 25.2 Å². The van der Waals surface area contributed by atoms with Crippen LogP contribution in [0.2, 0.25) is 0 Å². The van der Waals surface area contributed by atoms with Crippen molar-refractivity contribution in [3.8, 4) is 11.8 Å². The van der Waals surface area contributed by atoms with E-state index in [1.165, 1.54) is 12.5 Å². The minimum atomic E-state index is -1.53. The summed E-state index contributed by atoms with van der Waals surface area (Å²) in [5.41, 5.74) is 0.760. The molecule has 1 saturated heterocycles. The van der Waals surface area contributed by atoms with Gasteiger partial charge in [0.05, 0.1) is 27.9 Å². The molecule has 3 atom stereocenters. The number of pyridine rings is 2. The van der Waals surface area contributed by atoms with Crippen LogP contribution >= 0.6 is 0 Å². The zero-order valence-corrected chi connectivity index (χ0v) is 28.7. The Kier molecular flexibility index (Phi) is 11.4. The standard InChI is InChI=1S/C32H45N7O5S/c1-20-14-25(29(45(10)42)36-26(20)28(40)37-27-21(2)13-24(15-33)16-34-27)43-18-22(3)35-19-32(8,9)38-11-12-39(23(4)17-38)30(41)44-31(5,6)7/h13-14,16,19,22-23H,11-12,17-18H2,1-10H3,(H,34,37,40)/t22?,23-,45?/m1/s1. The van der Waals surface area contributed by atoms with Crippen molar-refractivity contribution in [3.63, 3.8) is 0 Å². The average Bonchev–Trinajstić information content (AvgIpc) is 2.94. The fourth-order valence-corrected chi connectivity index (χ4v) is 5.38. The van der Waals surface area contributed by atoms with E-state index in [2.05, 4.69) is 34.0 Å². The first kappa shape index (κ1) is 35.6. The molecule has 2 aromatic rings. The molecule has 13 heteroatoms. The Hall–Kier alpha value is -3.89. The molecule has 0 bridgehead atoms. The van der Waals surface area contributed by atoms with Crippen molar-refractivity contribution in [2.75, 3.05) is 37.8 Å². The molecule has 3 rings (SSSR count). The van der Waals surface area contributed by atoms with Gasteiger partial charge in [0.2, 0.25) is 0 Å². The van der Waals surface area contributed by atoms with Crippen LogP contribution in [-0.2, 0) is 15.5 Å². The topological polar surface area (TPSA) is 150 Å². The molecular weight excluding hydrogens is 594 g/mol. The quantitative estimate of drug-likeness (QED) is 0.391. The minimum absolute atomic E-state index is 0.0134. The molecule has 0 aliphatic carbocycles.